The normalized spacial score (nSPS) is 15.7. The van der Waals surface area contributed by atoms with E-state index < -0.39 is 0 Å². The van der Waals surface area contributed by atoms with Gasteiger partial charge in [0.15, 0.2) is 5.76 Å². The molecule has 1 aromatic heterocycles. The molecule has 5 heteroatoms. The lowest BCUT2D eigenvalue weighted by Crippen LogP contribution is -2.43. The second-order valence-corrected chi connectivity index (χ2v) is 4.62. The number of carbonyl (C=O) groups is 1. The SMILES string of the molecule is CNC(=O)c1cc2c(N3CCNCC3)cccc2o1. The highest BCUT2D eigenvalue weighted by Crippen LogP contribution is 2.29. The predicted molar refractivity (Wildman–Crippen MR) is 74.7 cm³/mol. The number of hydrogen-bond acceptors (Lipinski definition) is 4. The van der Waals surface area contributed by atoms with Gasteiger partial charge in [-0.3, -0.25) is 4.79 Å². The topological polar surface area (TPSA) is 57.5 Å². The lowest BCUT2D eigenvalue weighted by molar-refractivity contribution is 0.0938. The van der Waals surface area contributed by atoms with E-state index >= 15 is 0 Å². The molecule has 0 radical (unpaired) electrons. The summed E-state index contributed by atoms with van der Waals surface area (Å²) in [5.74, 6) is 0.169. The summed E-state index contributed by atoms with van der Waals surface area (Å²) in [6.07, 6.45) is 0. The van der Waals surface area contributed by atoms with Crippen LogP contribution in [0.3, 0.4) is 0 Å². The molecule has 2 heterocycles. The van der Waals surface area contributed by atoms with E-state index in [0.717, 1.165) is 42.8 Å². The van der Waals surface area contributed by atoms with Crippen LogP contribution in [-0.2, 0) is 0 Å². The first-order chi connectivity index (χ1) is 9.29. The minimum atomic E-state index is -0.192. The van der Waals surface area contributed by atoms with Crippen LogP contribution in [0.1, 0.15) is 10.6 Å². The van der Waals surface area contributed by atoms with Gasteiger partial charge < -0.3 is 20.0 Å². The van der Waals surface area contributed by atoms with Crippen molar-refractivity contribution in [3.8, 4) is 0 Å². The van der Waals surface area contributed by atoms with E-state index in [1.807, 2.05) is 18.2 Å². The Labute approximate surface area is 111 Å². The van der Waals surface area contributed by atoms with Gasteiger partial charge in [0.2, 0.25) is 0 Å². The van der Waals surface area contributed by atoms with Gasteiger partial charge in [0.25, 0.3) is 5.91 Å². The van der Waals surface area contributed by atoms with E-state index in [1.165, 1.54) is 0 Å². The van der Waals surface area contributed by atoms with Crippen LogP contribution in [0.4, 0.5) is 5.69 Å². The Bertz CT molecular complexity index is 600. The van der Waals surface area contributed by atoms with Gasteiger partial charge in [0, 0.05) is 44.3 Å². The van der Waals surface area contributed by atoms with Crippen LogP contribution in [0.25, 0.3) is 11.0 Å². The lowest BCUT2D eigenvalue weighted by Gasteiger charge is -2.29. The first-order valence-corrected chi connectivity index (χ1v) is 6.50. The Kier molecular flexibility index (Phi) is 3.13. The largest absolute Gasteiger partial charge is 0.451 e. The molecule has 0 saturated carbocycles. The van der Waals surface area contributed by atoms with Gasteiger partial charge in [0.05, 0.1) is 0 Å². The van der Waals surface area contributed by atoms with Crippen LogP contribution >= 0.6 is 0 Å². The molecule has 1 aliphatic heterocycles. The molecule has 0 unspecified atom stereocenters. The van der Waals surface area contributed by atoms with Crippen LogP contribution < -0.4 is 15.5 Å². The lowest BCUT2D eigenvalue weighted by atomic mass is 10.1. The number of hydrogen-bond donors (Lipinski definition) is 2. The van der Waals surface area contributed by atoms with Crippen molar-refractivity contribution < 1.29 is 9.21 Å². The fourth-order valence-corrected chi connectivity index (χ4v) is 2.46. The highest BCUT2D eigenvalue weighted by atomic mass is 16.3. The van der Waals surface area contributed by atoms with E-state index in [2.05, 4.69) is 21.6 Å². The van der Waals surface area contributed by atoms with Crippen molar-refractivity contribution in [2.75, 3.05) is 38.1 Å². The molecule has 1 fully saturated rings. The average molecular weight is 259 g/mol. The first-order valence-electron chi connectivity index (χ1n) is 6.50. The minimum Gasteiger partial charge on any atom is -0.451 e. The number of carbonyl (C=O) groups excluding carboxylic acids is 1. The van der Waals surface area contributed by atoms with E-state index in [9.17, 15) is 4.79 Å². The second-order valence-electron chi connectivity index (χ2n) is 4.62. The van der Waals surface area contributed by atoms with E-state index in [0.29, 0.717) is 5.76 Å². The highest BCUT2D eigenvalue weighted by molar-refractivity contribution is 5.99. The molecule has 0 atom stereocenters. The van der Waals surface area contributed by atoms with Crippen LogP contribution in [0.2, 0.25) is 0 Å². The van der Waals surface area contributed by atoms with E-state index in [1.54, 1.807) is 7.05 Å². The molecular weight excluding hydrogens is 242 g/mol. The number of amides is 1. The molecular formula is C14H17N3O2. The standard InChI is InChI=1S/C14H17N3O2/c1-15-14(18)13-9-10-11(3-2-4-12(10)19-13)17-7-5-16-6-8-17/h2-4,9,16H,5-8H2,1H3,(H,15,18). The third kappa shape index (κ3) is 2.17. The molecule has 3 rings (SSSR count). The summed E-state index contributed by atoms with van der Waals surface area (Å²) in [6.45, 7) is 3.91. The van der Waals surface area contributed by atoms with Crippen molar-refractivity contribution in [2.45, 2.75) is 0 Å². The second kappa shape index (κ2) is 4.93. The molecule has 1 aromatic carbocycles. The molecule has 5 nitrogen and oxygen atoms in total. The zero-order chi connectivity index (χ0) is 13.2. The van der Waals surface area contributed by atoms with Crippen LogP contribution in [0.5, 0.6) is 0 Å². The fourth-order valence-electron chi connectivity index (χ4n) is 2.46. The summed E-state index contributed by atoms with van der Waals surface area (Å²) in [4.78, 5) is 14.0. The molecule has 2 N–H and O–H groups in total. The Morgan fingerprint density at radius 3 is 2.89 bits per heavy atom. The maximum atomic E-state index is 11.6. The number of fused-ring (bicyclic) bond motifs is 1. The number of benzene rings is 1. The van der Waals surface area contributed by atoms with Crippen molar-refractivity contribution in [2.24, 2.45) is 0 Å². The minimum absolute atomic E-state index is 0.192. The molecule has 19 heavy (non-hydrogen) atoms. The summed E-state index contributed by atoms with van der Waals surface area (Å²) >= 11 is 0. The smallest absolute Gasteiger partial charge is 0.286 e. The third-order valence-corrected chi connectivity index (χ3v) is 3.45. The summed E-state index contributed by atoms with van der Waals surface area (Å²) in [5, 5.41) is 6.92. The summed E-state index contributed by atoms with van der Waals surface area (Å²) in [6, 6.07) is 7.77. The van der Waals surface area contributed by atoms with Crippen molar-refractivity contribution in [3.63, 3.8) is 0 Å². The Morgan fingerprint density at radius 1 is 1.37 bits per heavy atom. The molecule has 100 valence electrons. The maximum absolute atomic E-state index is 11.6. The Hall–Kier alpha value is -2.01. The highest BCUT2D eigenvalue weighted by Gasteiger charge is 2.17. The number of nitrogens with zero attached hydrogens (tertiary/aromatic N) is 1. The number of anilines is 1. The van der Waals surface area contributed by atoms with Gasteiger partial charge in [-0.2, -0.15) is 0 Å². The van der Waals surface area contributed by atoms with Gasteiger partial charge in [-0.25, -0.2) is 0 Å². The first kappa shape index (κ1) is 12.0. The molecule has 2 aromatic rings. The zero-order valence-corrected chi connectivity index (χ0v) is 10.9. The Balaban J connectivity index is 2.04. The van der Waals surface area contributed by atoms with Crippen LogP contribution in [-0.4, -0.2) is 39.1 Å². The quantitative estimate of drug-likeness (QED) is 0.851. The fraction of sp³-hybridized carbons (Fsp3) is 0.357. The van der Waals surface area contributed by atoms with Crippen LogP contribution in [0.15, 0.2) is 28.7 Å². The predicted octanol–water partition coefficient (Wildman–Crippen LogP) is 1.20. The summed E-state index contributed by atoms with van der Waals surface area (Å²) in [7, 11) is 1.60. The molecule has 1 aliphatic rings. The number of rotatable bonds is 2. The average Bonchev–Trinajstić information content (AvgIpc) is 2.91. The summed E-state index contributed by atoms with van der Waals surface area (Å²) in [5.41, 5.74) is 1.90. The summed E-state index contributed by atoms with van der Waals surface area (Å²) < 4.78 is 5.60. The zero-order valence-electron chi connectivity index (χ0n) is 10.9. The van der Waals surface area contributed by atoms with Crippen molar-refractivity contribution >= 4 is 22.6 Å². The number of furan rings is 1. The van der Waals surface area contributed by atoms with Crippen molar-refractivity contribution in [3.05, 3.63) is 30.0 Å². The maximum Gasteiger partial charge on any atom is 0.286 e. The van der Waals surface area contributed by atoms with Gasteiger partial charge in [0.1, 0.15) is 5.58 Å². The van der Waals surface area contributed by atoms with E-state index in [-0.39, 0.29) is 5.91 Å². The van der Waals surface area contributed by atoms with Gasteiger partial charge in [-0.05, 0) is 18.2 Å². The van der Waals surface area contributed by atoms with Gasteiger partial charge in [-0.15, -0.1) is 0 Å². The molecule has 1 saturated heterocycles. The van der Waals surface area contributed by atoms with E-state index in [4.69, 9.17) is 4.42 Å². The number of piperazine rings is 1. The van der Waals surface area contributed by atoms with Crippen LogP contribution in [0, 0.1) is 0 Å². The number of nitrogens with one attached hydrogen (secondary N) is 2. The monoisotopic (exact) mass is 259 g/mol. The third-order valence-electron chi connectivity index (χ3n) is 3.45. The van der Waals surface area contributed by atoms with Gasteiger partial charge in [-0.1, -0.05) is 6.07 Å². The Morgan fingerprint density at radius 2 is 2.16 bits per heavy atom. The molecule has 0 aliphatic carbocycles. The molecule has 1 amide bonds. The van der Waals surface area contributed by atoms with Gasteiger partial charge >= 0.3 is 0 Å². The molecule has 0 spiro atoms. The molecule has 0 bridgehead atoms. The van der Waals surface area contributed by atoms with Crippen molar-refractivity contribution in [1.29, 1.82) is 0 Å². The van der Waals surface area contributed by atoms with Crippen molar-refractivity contribution in [1.82, 2.24) is 10.6 Å².